The van der Waals surface area contributed by atoms with Gasteiger partial charge in [0.25, 0.3) is 0 Å². The highest BCUT2D eigenvalue weighted by Gasteiger charge is 2.37. The van der Waals surface area contributed by atoms with Gasteiger partial charge >= 0.3 is 0 Å². The molecule has 2 fully saturated rings. The molecule has 0 aromatic heterocycles. The van der Waals surface area contributed by atoms with Crippen molar-refractivity contribution in [3.8, 4) is 0 Å². The zero-order valence-corrected chi connectivity index (χ0v) is 10.4. The molecule has 2 aliphatic rings. The molecule has 1 saturated carbocycles. The molecule has 3 N–H and O–H groups in total. The van der Waals surface area contributed by atoms with Crippen LogP contribution in [0.15, 0.2) is 29.4 Å². The molecule has 0 spiro atoms. The fraction of sp³-hybridized carbons (Fsp3) is 0.500. The number of hydrogen-bond donors (Lipinski definition) is 2. The zero-order valence-electron chi connectivity index (χ0n) is 10.4. The van der Waals surface area contributed by atoms with Gasteiger partial charge in [-0.2, -0.15) is 0 Å². The molecule has 1 aromatic carbocycles. The number of oxime groups is 1. The SMILES string of the molecule is N/C(=N/O)c1cccc(CN2CC3CCC2C3)c1. The van der Waals surface area contributed by atoms with Crippen LogP contribution in [-0.2, 0) is 6.54 Å². The lowest BCUT2D eigenvalue weighted by molar-refractivity contribution is 0.205. The fourth-order valence-electron chi connectivity index (χ4n) is 3.34. The number of rotatable bonds is 3. The van der Waals surface area contributed by atoms with E-state index in [9.17, 15) is 0 Å². The Bertz CT molecular complexity index is 472. The number of piperidine rings is 1. The van der Waals surface area contributed by atoms with E-state index in [0.717, 1.165) is 24.1 Å². The maximum absolute atomic E-state index is 8.70. The van der Waals surface area contributed by atoms with Crippen LogP contribution >= 0.6 is 0 Å². The van der Waals surface area contributed by atoms with Gasteiger partial charge in [-0.15, -0.1) is 0 Å². The molecule has 2 atom stereocenters. The predicted molar refractivity (Wildman–Crippen MR) is 70.5 cm³/mol. The van der Waals surface area contributed by atoms with Crippen molar-refractivity contribution in [1.82, 2.24) is 4.90 Å². The molecule has 96 valence electrons. The highest BCUT2D eigenvalue weighted by Crippen LogP contribution is 2.38. The largest absolute Gasteiger partial charge is 0.409 e. The molecular weight excluding hydrogens is 226 g/mol. The van der Waals surface area contributed by atoms with Gasteiger partial charge in [-0.05, 0) is 36.8 Å². The number of likely N-dealkylation sites (tertiary alicyclic amines) is 1. The summed E-state index contributed by atoms with van der Waals surface area (Å²) < 4.78 is 0. The molecule has 4 nitrogen and oxygen atoms in total. The third-order valence-electron chi connectivity index (χ3n) is 4.24. The van der Waals surface area contributed by atoms with Crippen molar-refractivity contribution >= 4 is 5.84 Å². The Morgan fingerprint density at radius 2 is 2.33 bits per heavy atom. The Balaban J connectivity index is 1.73. The van der Waals surface area contributed by atoms with E-state index in [0.29, 0.717) is 0 Å². The smallest absolute Gasteiger partial charge is 0.170 e. The zero-order chi connectivity index (χ0) is 12.5. The lowest BCUT2D eigenvalue weighted by atomic mass is 10.1. The maximum atomic E-state index is 8.70. The lowest BCUT2D eigenvalue weighted by Gasteiger charge is -2.26. The van der Waals surface area contributed by atoms with Crippen LogP contribution in [0.4, 0.5) is 0 Å². The number of benzene rings is 1. The summed E-state index contributed by atoms with van der Waals surface area (Å²) in [4.78, 5) is 2.57. The first-order chi connectivity index (χ1) is 8.76. The summed E-state index contributed by atoms with van der Waals surface area (Å²) in [6.07, 6.45) is 4.13. The predicted octanol–water partition coefficient (Wildman–Crippen LogP) is 1.77. The highest BCUT2D eigenvalue weighted by atomic mass is 16.4. The van der Waals surface area contributed by atoms with Crippen LogP contribution in [0.25, 0.3) is 0 Å². The minimum Gasteiger partial charge on any atom is -0.409 e. The monoisotopic (exact) mass is 245 g/mol. The standard InChI is InChI=1S/C14H19N3O/c15-14(16-18)12-3-1-2-10(6-12)8-17-9-11-4-5-13(17)7-11/h1-3,6,11,13,18H,4-5,7-9H2,(H2,15,16). The third kappa shape index (κ3) is 2.08. The summed E-state index contributed by atoms with van der Waals surface area (Å²) in [5, 5.41) is 11.8. The molecule has 1 aliphatic carbocycles. The molecule has 1 aliphatic heterocycles. The van der Waals surface area contributed by atoms with Crippen molar-refractivity contribution in [3.05, 3.63) is 35.4 Å². The molecule has 1 heterocycles. The normalized spacial score (nSPS) is 27.9. The molecule has 3 rings (SSSR count). The molecule has 1 aromatic rings. The average Bonchev–Trinajstić information content (AvgIpc) is 3.00. The molecule has 4 heteroatoms. The maximum Gasteiger partial charge on any atom is 0.170 e. The quantitative estimate of drug-likeness (QED) is 0.369. The van der Waals surface area contributed by atoms with Crippen molar-refractivity contribution in [2.24, 2.45) is 16.8 Å². The van der Waals surface area contributed by atoms with Gasteiger partial charge in [0.05, 0.1) is 0 Å². The number of nitrogens with two attached hydrogens (primary N) is 1. The Morgan fingerprint density at radius 3 is 3.00 bits per heavy atom. The summed E-state index contributed by atoms with van der Waals surface area (Å²) in [5.41, 5.74) is 7.65. The van der Waals surface area contributed by atoms with Crippen LogP contribution < -0.4 is 5.73 Å². The van der Waals surface area contributed by atoms with Gasteiger partial charge in [0, 0.05) is 24.7 Å². The minimum absolute atomic E-state index is 0.180. The van der Waals surface area contributed by atoms with Crippen LogP contribution in [0.5, 0.6) is 0 Å². The molecule has 2 bridgehead atoms. The Kier molecular flexibility index (Phi) is 2.96. The van der Waals surface area contributed by atoms with Crippen molar-refractivity contribution in [2.75, 3.05) is 6.54 Å². The van der Waals surface area contributed by atoms with E-state index in [1.165, 1.54) is 31.4 Å². The molecule has 2 unspecified atom stereocenters. The van der Waals surface area contributed by atoms with Gasteiger partial charge in [0.1, 0.15) is 0 Å². The summed E-state index contributed by atoms with van der Waals surface area (Å²) in [6, 6.07) is 8.75. The van der Waals surface area contributed by atoms with Gasteiger partial charge in [-0.25, -0.2) is 0 Å². The van der Waals surface area contributed by atoms with E-state index in [1.807, 2.05) is 18.2 Å². The highest BCUT2D eigenvalue weighted by molar-refractivity contribution is 5.97. The van der Waals surface area contributed by atoms with Crippen LogP contribution in [0, 0.1) is 5.92 Å². The van der Waals surface area contributed by atoms with Crippen LogP contribution in [0.2, 0.25) is 0 Å². The van der Waals surface area contributed by atoms with Crippen LogP contribution in [0.1, 0.15) is 30.4 Å². The second kappa shape index (κ2) is 4.61. The summed E-state index contributed by atoms with van der Waals surface area (Å²) in [5.74, 6) is 1.10. The fourth-order valence-corrected chi connectivity index (χ4v) is 3.34. The van der Waals surface area contributed by atoms with E-state index in [1.54, 1.807) is 0 Å². The Morgan fingerprint density at radius 1 is 1.44 bits per heavy atom. The van der Waals surface area contributed by atoms with Crippen molar-refractivity contribution < 1.29 is 5.21 Å². The first-order valence-electron chi connectivity index (χ1n) is 6.57. The van der Waals surface area contributed by atoms with Gasteiger partial charge in [0.15, 0.2) is 5.84 Å². The Labute approximate surface area is 107 Å². The number of amidine groups is 1. The number of nitrogens with zero attached hydrogens (tertiary/aromatic N) is 2. The van der Waals surface area contributed by atoms with E-state index < -0.39 is 0 Å². The minimum atomic E-state index is 0.180. The second-order valence-electron chi connectivity index (χ2n) is 5.45. The van der Waals surface area contributed by atoms with E-state index >= 15 is 0 Å². The first kappa shape index (κ1) is 11.5. The molecule has 0 radical (unpaired) electrons. The molecule has 0 amide bonds. The van der Waals surface area contributed by atoms with Gasteiger partial charge in [0.2, 0.25) is 0 Å². The molecule has 18 heavy (non-hydrogen) atoms. The topological polar surface area (TPSA) is 61.9 Å². The van der Waals surface area contributed by atoms with Gasteiger partial charge < -0.3 is 10.9 Å². The van der Waals surface area contributed by atoms with Crippen LogP contribution in [-0.4, -0.2) is 28.5 Å². The van der Waals surface area contributed by atoms with Crippen LogP contribution in [0.3, 0.4) is 0 Å². The van der Waals surface area contributed by atoms with E-state index in [4.69, 9.17) is 10.9 Å². The summed E-state index contributed by atoms with van der Waals surface area (Å²) in [7, 11) is 0. The van der Waals surface area contributed by atoms with Gasteiger partial charge in [-0.1, -0.05) is 23.4 Å². The Hall–Kier alpha value is -1.55. The molecule has 1 saturated heterocycles. The van der Waals surface area contributed by atoms with Crippen molar-refractivity contribution in [1.29, 1.82) is 0 Å². The summed E-state index contributed by atoms with van der Waals surface area (Å²) in [6.45, 7) is 2.21. The average molecular weight is 245 g/mol. The van der Waals surface area contributed by atoms with E-state index in [2.05, 4.69) is 16.1 Å². The van der Waals surface area contributed by atoms with Gasteiger partial charge in [-0.3, -0.25) is 4.90 Å². The van der Waals surface area contributed by atoms with E-state index in [-0.39, 0.29) is 5.84 Å². The van der Waals surface area contributed by atoms with Crippen molar-refractivity contribution in [3.63, 3.8) is 0 Å². The van der Waals surface area contributed by atoms with Crippen molar-refractivity contribution in [2.45, 2.75) is 31.8 Å². The third-order valence-corrected chi connectivity index (χ3v) is 4.24. The number of hydrogen-bond acceptors (Lipinski definition) is 3. The lowest BCUT2D eigenvalue weighted by Crippen LogP contribution is -2.31. The number of fused-ring (bicyclic) bond motifs is 2. The molecular formula is C14H19N3O. The second-order valence-corrected chi connectivity index (χ2v) is 5.45. The summed E-state index contributed by atoms with van der Waals surface area (Å²) >= 11 is 0. The first-order valence-corrected chi connectivity index (χ1v) is 6.57.